The molecule has 0 amide bonds. The van der Waals surface area contributed by atoms with Gasteiger partial charge in [0.25, 0.3) is 0 Å². The molecule has 104 valence electrons. The van der Waals surface area contributed by atoms with Crippen LogP contribution in [0, 0.1) is 0 Å². The van der Waals surface area contributed by atoms with Gasteiger partial charge in [0.15, 0.2) is 0 Å². The zero-order valence-electron chi connectivity index (χ0n) is 11.7. The average molecular weight is 261 g/mol. The quantitative estimate of drug-likeness (QED) is 0.905. The molecule has 0 radical (unpaired) electrons. The maximum Gasteiger partial charge on any atom is 0.320 e. The van der Waals surface area contributed by atoms with E-state index < -0.39 is 12.0 Å². The van der Waals surface area contributed by atoms with E-state index in [1.54, 1.807) is 6.92 Å². The number of carbonyl (C=O) groups is 1. The molecular weight excluding hydrogens is 238 g/mol. The van der Waals surface area contributed by atoms with Crippen LogP contribution < -0.4 is 0 Å². The summed E-state index contributed by atoms with van der Waals surface area (Å²) >= 11 is 0. The number of carboxylic acids is 1. The fourth-order valence-electron chi connectivity index (χ4n) is 3.03. The summed E-state index contributed by atoms with van der Waals surface area (Å²) in [6.45, 7) is 1.77. The standard InChI is InChI=1S/C16H23NO2/c1-12(16(18)19)17(2)15-10-8-14(9-11-15)13-6-4-3-5-7-13/h3-7,12,14-15H,8-11H2,1-2H3,(H,18,19). The van der Waals surface area contributed by atoms with Gasteiger partial charge in [-0.1, -0.05) is 30.3 Å². The van der Waals surface area contributed by atoms with Crippen LogP contribution in [0.25, 0.3) is 0 Å². The normalized spacial score (nSPS) is 25.2. The van der Waals surface area contributed by atoms with Crippen LogP contribution in [0.4, 0.5) is 0 Å². The second kappa shape index (κ2) is 6.20. The number of aliphatic carboxylic acids is 1. The summed E-state index contributed by atoms with van der Waals surface area (Å²) < 4.78 is 0. The third-order valence-electron chi connectivity index (χ3n) is 4.51. The number of nitrogens with zero attached hydrogens (tertiary/aromatic N) is 1. The molecule has 0 aromatic heterocycles. The van der Waals surface area contributed by atoms with Gasteiger partial charge in [-0.25, -0.2) is 0 Å². The molecule has 0 spiro atoms. The van der Waals surface area contributed by atoms with Crippen molar-refractivity contribution in [2.45, 2.75) is 50.6 Å². The molecule has 0 bridgehead atoms. The van der Waals surface area contributed by atoms with Gasteiger partial charge in [0.2, 0.25) is 0 Å². The Morgan fingerprint density at radius 1 is 1.21 bits per heavy atom. The number of hydrogen-bond donors (Lipinski definition) is 1. The lowest BCUT2D eigenvalue weighted by Gasteiger charge is -2.36. The van der Waals surface area contributed by atoms with E-state index in [0.29, 0.717) is 12.0 Å². The van der Waals surface area contributed by atoms with Crippen molar-refractivity contribution >= 4 is 5.97 Å². The molecule has 1 unspecified atom stereocenters. The fourth-order valence-corrected chi connectivity index (χ4v) is 3.03. The molecule has 0 saturated heterocycles. The van der Waals surface area contributed by atoms with Crippen LogP contribution in [-0.2, 0) is 4.79 Å². The number of benzene rings is 1. The van der Waals surface area contributed by atoms with Gasteiger partial charge >= 0.3 is 5.97 Å². The molecule has 1 aliphatic carbocycles. The van der Waals surface area contributed by atoms with Crippen LogP contribution in [0.5, 0.6) is 0 Å². The van der Waals surface area contributed by atoms with Crippen molar-refractivity contribution in [3.63, 3.8) is 0 Å². The summed E-state index contributed by atoms with van der Waals surface area (Å²) in [6.07, 6.45) is 4.50. The van der Waals surface area contributed by atoms with Crippen molar-refractivity contribution in [3.8, 4) is 0 Å². The summed E-state index contributed by atoms with van der Waals surface area (Å²) in [5.41, 5.74) is 1.43. The summed E-state index contributed by atoms with van der Waals surface area (Å²) in [7, 11) is 1.94. The van der Waals surface area contributed by atoms with Crippen LogP contribution in [0.1, 0.15) is 44.1 Å². The Morgan fingerprint density at radius 2 is 1.79 bits per heavy atom. The molecule has 1 N–H and O–H groups in total. The highest BCUT2D eigenvalue weighted by atomic mass is 16.4. The predicted molar refractivity (Wildman–Crippen MR) is 76.3 cm³/mol. The van der Waals surface area contributed by atoms with Gasteiger partial charge in [-0.15, -0.1) is 0 Å². The largest absolute Gasteiger partial charge is 0.480 e. The summed E-state index contributed by atoms with van der Waals surface area (Å²) in [5.74, 6) is -0.0846. The van der Waals surface area contributed by atoms with Crippen molar-refractivity contribution in [1.29, 1.82) is 0 Å². The minimum atomic E-state index is -0.729. The van der Waals surface area contributed by atoms with Crippen molar-refractivity contribution in [3.05, 3.63) is 35.9 Å². The van der Waals surface area contributed by atoms with E-state index in [0.717, 1.165) is 25.7 Å². The first-order valence-electron chi connectivity index (χ1n) is 7.09. The highest BCUT2D eigenvalue weighted by molar-refractivity contribution is 5.72. The maximum atomic E-state index is 11.0. The smallest absolute Gasteiger partial charge is 0.320 e. The Hall–Kier alpha value is -1.35. The van der Waals surface area contributed by atoms with E-state index in [1.165, 1.54) is 5.56 Å². The van der Waals surface area contributed by atoms with Gasteiger partial charge in [-0.2, -0.15) is 0 Å². The van der Waals surface area contributed by atoms with Crippen molar-refractivity contribution in [1.82, 2.24) is 4.90 Å². The Balaban J connectivity index is 1.91. The molecular formula is C16H23NO2. The number of likely N-dealkylation sites (N-methyl/N-ethyl adjacent to an activating group) is 1. The van der Waals surface area contributed by atoms with Crippen molar-refractivity contribution in [2.75, 3.05) is 7.05 Å². The number of carboxylic acid groups (broad SMARTS) is 1. The van der Waals surface area contributed by atoms with Gasteiger partial charge < -0.3 is 5.11 Å². The summed E-state index contributed by atoms with van der Waals surface area (Å²) in [4.78, 5) is 13.0. The topological polar surface area (TPSA) is 40.5 Å². The zero-order valence-corrected chi connectivity index (χ0v) is 11.7. The highest BCUT2D eigenvalue weighted by Crippen LogP contribution is 2.34. The first-order chi connectivity index (χ1) is 9.09. The van der Waals surface area contributed by atoms with E-state index in [4.69, 9.17) is 5.11 Å². The Labute approximate surface area is 115 Å². The number of hydrogen-bond acceptors (Lipinski definition) is 2. The third-order valence-corrected chi connectivity index (χ3v) is 4.51. The lowest BCUT2D eigenvalue weighted by molar-refractivity contribution is -0.143. The van der Waals surface area contributed by atoms with Crippen LogP contribution in [0.2, 0.25) is 0 Å². The van der Waals surface area contributed by atoms with Crippen molar-refractivity contribution in [2.24, 2.45) is 0 Å². The lowest BCUT2D eigenvalue weighted by atomic mass is 9.81. The van der Waals surface area contributed by atoms with Crippen LogP contribution in [-0.4, -0.2) is 35.1 Å². The molecule has 1 aromatic rings. The van der Waals surface area contributed by atoms with Gasteiger partial charge in [-0.3, -0.25) is 9.69 Å². The zero-order chi connectivity index (χ0) is 13.8. The SMILES string of the molecule is CC(C(=O)O)N(C)C1CCC(c2ccccc2)CC1. The second-order valence-electron chi connectivity index (χ2n) is 5.60. The van der Waals surface area contributed by atoms with E-state index in [2.05, 4.69) is 30.3 Å². The second-order valence-corrected chi connectivity index (χ2v) is 5.60. The molecule has 1 saturated carbocycles. The van der Waals surface area contributed by atoms with Gasteiger partial charge in [-0.05, 0) is 51.1 Å². The van der Waals surface area contributed by atoms with E-state index >= 15 is 0 Å². The van der Waals surface area contributed by atoms with Gasteiger partial charge in [0.05, 0.1) is 0 Å². The lowest BCUT2D eigenvalue weighted by Crippen LogP contribution is -2.44. The Morgan fingerprint density at radius 3 is 2.32 bits per heavy atom. The predicted octanol–water partition coefficient (Wildman–Crippen LogP) is 3.12. The molecule has 19 heavy (non-hydrogen) atoms. The Kier molecular flexibility index (Phi) is 4.59. The average Bonchev–Trinajstić information content (AvgIpc) is 2.46. The summed E-state index contributed by atoms with van der Waals surface area (Å²) in [5, 5.41) is 9.07. The van der Waals surface area contributed by atoms with Gasteiger partial charge in [0, 0.05) is 6.04 Å². The molecule has 3 nitrogen and oxygen atoms in total. The Bertz CT molecular complexity index is 410. The first-order valence-corrected chi connectivity index (χ1v) is 7.09. The van der Waals surface area contributed by atoms with Crippen molar-refractivity contribution < 1.29 is 9.90 Å². The summed E-state index contributed by atoms with van der Waals surface area (Å²) in [6, 6.07) is 10.7. The minimum absolute atomic E-state index is 0.390. The van der Waals surface area contributed by atoms with E-state index in [1.807, 2.05) is 11.9 Å². The minimum Gasteiger partial charge on any atom is -0.480 e. The number of rotatable bonds is 4. The molecule has 1 aliphatic rings. The molecule has 1 aromatic carbocycles. The van der Waals surface area contributed by atoms with Crippen LogP contribution >= 0.6 is 0 Å². The molecule has 2 rings (SSSR count). The van der Waals surface area contributed by atoms with E-state index in [-0.39, 0.29) is 0 Å². The monoisotopic (exact) mass is 261 g/mol. The highest BCUT2D eigenvalue weighted by Gasteiger charge is 2.29. The molecule has 3 heteroatoms. The molecule has 0 aliphatic heterocycles. The van der Waals surface area contributed by atoms with Crippen LogP contribution in [0.3, 0.4) is 0 Å². The van der Waals surface area contributed by atoms with E-state index in [9.17, 15) is 4.79 Å². The van der Waals surface area contributed by atoms with Gasteiger partial charge in [0.1, 0.15) is 6.04 Å². The first kappa shape index (κ1) is 14.1. The third kappa shape index (κ3) is 3.35. The fraction of sp³-hybridized carbons (Fsp3) is 0.562. The molecule has 1 atom stereocenters. The molecule has 1 fully saturated rings. The van der Waals surface area contributed by atoms with Crippen LogP contribution in [0.15, 0.2) is 30.3 Å². The maximum absolute atomic E-state index is 11.0. The molecule has 0 heterocycles.